The lowest BCUT2D eigenvalue weighted by Crippen LogP contribution is -2.54. The van der Waals surface area contributed by atoms with Gasteiger partial charge in [-0.25, -0.2) is 4.79 Å². The van der Waals surface area contributed by atoms with Crippen LogP contribution in [0.5, 0.6) is 0 Å². The molecule has 2 rings (SSSR count). The molecule has 0 aromatic carbocycles. The minimum absolute atomic E-state index is 0.183. The quantitative estimate of drug-likeness (QED) is 0.734. The van der Waals surface area contributed by atoms with Gasteiger partial charge < -0.3 is 5.11 Å². The molecule has 0 aromatic rings. The van der Waals surface area contributed by atoms with E-state index in [4.69, 9.17) is 5.11 Å². The molecule has 1 saturated carbocycles. The third kappa shape index (κ3) is 1.56. The van der Waals surface area contributed by atoms with Gasteiger partial charge in [-0.2, -0.15) is 0 Å². The van der Waals surface area contributed by atoms with Crippen molar-refractivity contribution in [2.75, 3.05) is 0 Å². The molecule has 5 heteroatoms. The van der Waals surface area contributed by atoms with Crippen LogP contribution in [0.2, 0.25) is 0 Å². The zero-order valence-electron chi connectivity index (χ0n) is 10.2. The number of carboxylic acid groups (broad SMARTS) is 1. The second-order valence-electron chi connectivity index (χ2n) is 5.56. The highest BCUT2D eigenvalue weighted by molar-refractivity contribution is 6.09. The van der Waals surface area contributed by atoms with E-state index >= 15 is 0 Å². The minimum atomic E-state index is -1.44. The van der Waals surface area contributed by atoms with Gasteiger partial charge in [-0.3, -0.25) is 14.5 Å². The van der Waals surface area contributed by atoms with E-state index in [-0.39, 0.29) is 18.2 Å². The van der Waals surface area contributed by atoms with E-state index in [1.165, 1.54) is 13.8 Å². The average Bonchev–Trinajstić information content (AvgIpc) is 2.75. The van der Waals surface area contributed by atoms with Crippen LogP contribution in [0.4, 0.5) is 0 Å². The van der Waals surface area contributed by atoms with Gasteiger partial charge in [-0.1, -0.05) is 12.8 Å². The van der Waals surface area contributed by atoms with Crippen LogP contribution < -0.4 is 0 Å². The largest absolute Gasteiger partial charge is 0.480 e. The maximum atomic E-state index is 12.3. The van der Waals surface area contributed by atoms with Gasteiger partial charge in [0.15, 0.2) is 0 Å². The van der Waals surface area contributed by atoms with Crippen LogP contribution in [0.15, 0.2) is 0 Å². The number of hydrogen-bond donors (Lipinski definition) is 1. The van der Waals surface area contributed by atoms with E-state index in [1.807, 2.05) is 0 Å². The molecular formula is C12H17NO4. The van der Waals surface area contributed by atoms with Gasteiger partial charge in [0.2, 0.25) is 11.8 Å². The summed E-state index contributed by atoms with van der Waals surface area (Å²) >= 11 is 0. The van der Waals surface area contributed by atoms with Crippen LogP contribution in [0.3, 0.4) is 0 Å². The smallest absolute Gasteiger partial charge is 0.329 e. The Labute approximate surface area is 99.8 Å². The molecule has 1 aliphatic carbocycles. The van der Waals surface area contributed by atoms with Gasteiger partial charge >= 0.3 is 5.97 Å². The molecule has 1 saturated heterocycles. The number of hydrogen-bond acceptors (Lipinski definition) is 3. The van der Waals surface area contributed by atoms with Gasteiger partial charge in [0.05, 0.1) is 5.41 Å². The third-order valence-corrected chi connectivity index (χ3v) is 4.04. The summed E-state index contributed by atoms with van der Waals surface area (Å²) in [6, 6.07) is 0. The van der Waals surface area contributed by atoms with Gasteiger partial charge in [-0.15, -0.1) is 0 Å². The molecule has 0 radical (unpaired) electrons. The Balaban J connectivity index is 2.35. The number of carbonyl (C=O) groups is 3. The maximum Gasteiger partial charge on any atom is 0.329 e. The molecule has 94 valence electrons. The maximum absolute atomic E-state index is 12.3. The van der Waals surface area contributed by atoms with Crippen molar-refractivity contribution in [3.8, 4) is 0 Å². The van der Waals surface area contributed by atoms with Crippen molar-refractivity contribution in [3.63, 3.8) is 0 Å². The fraction of sp³-hybridized carbons (Fsp3) is 0.750. The molecule has 0 bridgehead atoms. The predicted octanol–water partition coefficient (Wildman–Crippen LogP) is 1.17. The Morgan fingerprint density at radius 3 is 2.29 bits per heavy atom. The van der Waals surface area contributed by atoms with Crippen LogP contribution in [-0.4, -0.2) is 33.3 Å². The number of likely N-dealkylation sites (tertiary alicyclic amines) is 1. The fourth-order valence-corrected chi connectivity index (χ4v) is 2.90. The van der Waals surface area contributed by atoms with Crippen molar-refractivity contribution in [2.45, 2.75) is 51.5 Å². The summed E-state index contributed by atoms with van der Waals surface area (Å²) in [7, 11) is 0. The summed E-state index contributed by atoms with van der Waals surface area (Å²) < 4.78 is 0. The molecule has 0 aromatic heterocycles. The molecular weight excluding hydrogens is 222 g/mol. The van der Waals surface area contributed by atoms with Gasteiger partial charge in [-0.05, 0) is 26.7 Å². The molecule has 5 nitrogen and oxygen atoms in total. The molecule has 2 fully saturated rings. The van der Waals surface area contributed by atoms with Crippen LogP contribution in [-0.2, 0) is 14.4 Å². The minimum Gasteiger partial charge on any atom is -0.480 e. The second kappa shape index (κ2) is 3.55. The molecule has 2 amide bonds. The first-order chi connectivity index (χ1) is 7.81. The fourth-order valence-electron chi connectivity index (χ4n) is 2.90. The van der Waals surface area contributed by atoms with Crippen molar-refractivity contribution in [1.82, 2.24) is 4.90 Å². The van der Waals surface area contributed by atoms with E-state index in [2.05, 4.69) is 0 Å². The Morgan fingerprint density at radius 2 is 1.82 bits per heavy atom. The lowest BCUT2D eigenvalue weighted by Gasteiger charge is -2.31. The highest BCUT2D eigenvalue weighted by atomic mass is 16.4. The molecule has 1 N–H and O–H groups in total. The van der Waals surface area contributed by atoms with Gasteiger partial charge in [0.1, 0.15) is 5.54 Å². The van der Waals surface area contributed by atoms with Gasteiger partial charge in [0, 0.05) is 6.42 Å². The van der Waals surface area contributed by atoms with Crippen LogP contribution in [0.1, 0.15) is 46.0 Å². The number of amides is 2. The van der Waals surface area contributed by atoms with Crippen LogP contribution in [0.25, 0.3) is 0 Å². The van der Waals surface area contributed by atoms with E-state index in [0.29, 0.717) is 12.8 Å². The van der Waals surface area contributed by atoms with Crippen molar-refractivity contribution < 1.29 is 19.5 Å². The Bertz CT molecular complexity index is 393. The predicted molar refractivity (Wildman–Crippen MR) is 59.1 cm³/mol. The van der Waals surface area contributed by atoms with E-state index in [1.54, 1.807) is 0 Å². The topological polar surface area (TPSA) is 74.7 Å². The lowest BCUT2D eigenvalue weighted by molar-refractivity contribution is -0.161. The summed E-state index contributed by atoms with van der Waals surface area (Å²) in [5.41, 5.74) is -2.04. The number of nitrogens with zero attached hydrogens (tertiary/aromatic N) is 1. The second-order valence-corrected chi connectivity index (χ2v) is 5.56. The molecule has 17 heavy (non-hydrogen) atoms. The number of carbonyl (C=O) groups excluding carboxylic acids is 2. The first kappa shape index (κ1) is 12.1. The molecule has 1 heterocycles. The number of carboxylic acids is 1. The van der Waals surface area contributed by atoms with E-state index in [0.717, 1.165) is 17.7 Å². The van der Waals surface area contributed by atoms with E-state index in [9.17, 15) is 14.4 Å². The number of imide groups is 1. The first-order valence-electron chi connectivity index (χ1n) is 5.92. The third-order valence-electron chi connectivity index (χ3n) is 4.04. The average molecular weight is 239 g/mol. The van der Waals surface area contributed by atoms with E-state index < -0.39 is 16.9 Å². The number of rotatable bonds is 2. The highest BCUT2D eigenvalue weighted by Gasteiger charge is 2.57. The number of aliphatic carboxylic acids is 1. The van der Waals surface area contributed by atoms with Crippen molar-refractivity contribution in [2.24, 2.45) is 5.41 Å². The zero-order chi connectivity index (χ0) is 12.8. The Morgan fingerprint density at radius 1 is 1.29 bits per heavy atom. The highest BCUT2D eigenvalue weighted by Crippen LogP contribution is 2.48. The summed E-state index contributed by atoms with van der Waals surface area (Å²) in [5, 5.41) is 9.12. The van der Waals surface area contributed by atoms with Crippen molar-refractivity contribution in [3.05, 3.63) is 0 Å². The monoisotopic (exact) mass is 239 g/mol. The zero-order valence-corrected chi connectivity index (χ0v) is 10.2. The summed E-state index contributed by atoms with van der Waals surface area (Å²) in [4.78, 5) is 36.4. The van der Waals surface area contributed by atoms with Crippen LogP contribution in [0, 0.1) is 5.41 Å². The first-order valence-corrected chi connectivity index (χ1v) is 5.92. The Hall–Kier alpha value is -1.39. The Kier molecular flexibility index (Phi) is 2.52. The molecule has 2 aliphatic rings. The molecule has 0 unspecified atom stereocenters. The standard InChI is InChI=1S/C12H17NO4/c1-11(2,10(16)17)13-8(14)7-12(9(13)15)5-3-4-6-12/h3-7H2,1-2H3,(H,16,17). The summed E-state index contributed by atoms with van der Waals surface area (Å²) in [5.74, 6) is -1.77. The molecule has 1 spiro atoms. The summed E-state index contributed by atoms with van der Waals surface area (Å²) in [6.07, 6.45) is 3.50. The lowest BCUT2D eigenvalue weighted by atomic mass is 9.84. The molecule has 1 aliphatic heterocycles. The van der Waals surface area contributed by atoms with Crippen molar-refractivity contribution in [1.29, 1.82) is 0 Å². The normalized spacial score (nSPS) is 23.8. The van der Waals surface area contributed by atoms with Crippen LogP contribution >= 0.6 is 0 Å². The SMILES string of the molecule is CC(C)(C(=O)O)N1C(=O)CC2(CCCC2)C1=O. The van der Waals surface area contributed by atoms with Crippen molar-refractivity contribution >= 4 is 17.8 Å². The molecule has 0 atom stereocenters. The summed E-state index contributed by atoms with van der Waals surface area (Å²) in [6.45, 7) is 2.80. The van der Waals surface area contributed by atoms with Gasteiger partial charge in [0.25, 0.3) is 0 Å².